The smallest absolute Gasteiger partial charge is 0.332 e. The molecule has 1 spiro atoms. The molecule has 1 amide bonds. The van der Waals surface area contributed by atoms with Crippen LogP contribution in [0.3, 0.4) is 0 Å². The van der Waals surface area contributed by atoms with Gasteiger partial charge in [-0.05, 0) is 30.2 Å². The summed E-state index contributed by atoms with van der Waals surface area (Å²) in [5.74, 6) is 0.0806. The van der Waals surface area contributed by atoms with Crippen molar-refractivity contribution in [1.29, 1.82) is 0 Å². The average molecular weight is 424 g/mol. The van der Waals surface area contributed by atoms with E-state index in [0.29, 0.717) is 43.1 Å². The fraction of sp³-hybridized carbons (Fsp3) is 0.381. The van der Waals surface area contributed by atoms with Crippen LogP contribution in [0.5, 0.6) is 0 Å². The van der Waals surface area contributed by atoms with Gasteiger partial charge in [-0.25, -0.2) is 9.07 Å². The second-order valence-electron chi connectivity index (χ2n) is 8.39. The van der Waals surface area contributed by atoms with Gasteiger partial charge in [0, 0.05) is 44.7 Å². The predicted molar refractivity (Wildman–Crippen MR) is 108 cm³/mol. The maximum absolute atomic E-state index is 13.1. The van der Waals surface area contributed by atoms with Crippen molar-refractivity contribution in [1.82, 2.24) is 29.0 Å². The number of rotatable bonds is 3. The molecule has 0 saturated carbocycles. The summed E-state index contributed by atoms with van der Waals surface area (Å²) in [6, 6.07) is 7.43. The molecular weight excluding hydrogens is 403 g/mol. The van der Waals surface area contributed by atoms with Crippen molar-refractivity contribution in [3.63, 3.8) is 0 Å². The average Bonchev–Trinajstić information content (AvgIpc) is 3.46. The minimum absolute atomic E-state index is 0.0935. The number of carbonyl (C=O) groups excluding carboxylic acids is 1. The standard InChI is InChI=1S/C21H21FN6O3/c1-25-16(6-8-23-25)18(29)26-9-7-21(12-26)10-17-24-28(20(31)19(30)27(17)13-21)11-14-2-4-15(22)5-3-14/h2-6,8H,7,9-13H2,1H3/t21-/m0/s1. The zero-order valence-electron chi connectivity index (χ0n) is 17.0. The molecule has 0 radical (unpaired) electrons. The van der Waals surface area contributed by atoms with Crippen LogP contribution >= 0.6 is 0 Å². The Morgan fingerprint density at radius 1 is 1.13 bits per heavy atom. The fourth-order valence-corrected chi connectivity index (χ4v) is 4.60. The van der Waals surface area contributed by atoms with Crippen molar-refractivity contribution in [2.45, 2.75) is 25.9 Å². The number of hydrogen-bond donors (Lipinski definition) is 0. The highest BCUT2D eigenvalue weighted by Crippen LogP contribution is 2.39. The minimum atomic E-state index is -0.703. The Hall–Kier alpha value is -3.56. The van der Waals surface area contributed by atoms with Crippen LogP contribution in [0.1, 0.15) is 28.3 Å². The Morgan fingerprint density at radius 3 is 2.61 bits per heavy atom. The number of aromatic nitrogens is 5. The lowest BCUT2D eigenvalue weighted by Gasteiger charge is -2.22. The van der Waals surface area contributed by atoms with Gasteiger partial charge in [0.25, 0.3) is 5.91 Å². The van der Waals surface area contributed by atoms with E-state index < -0.39 is 11.1 Å². The first-order valence-corrected chi connectivity index (χ1v) is 10.1. The molecule has 1 fully saturated rings. The number of carbonyl (C=O) groups is 1. The van der Waals surface area contributed by atoms with Crippen LogP contribution in [-0.4, -0.2) is 48.0 Å². The van der Waals surface area contributed by atoms with Gasteiger partial charge in [0.2, 0.25) is 0 Å². The van der Waals surface area contributed by atoms with Crippen LogP contribution in [0.25, 0.3) is 0 Å². The van der Waals surface area contributed by atoms with E-state index in [-0.39, 0.29) is 23.7 Å². The molecular formula is C21H21FN6O3. The third-order valence-electron chi connectivity index (χ3n) is 6.25. The molecule has 2 aromatic heterocycles. The lowest BCUT2D eigenvalue weighted by Crippen LogP contribution is -2.43. The van der Waals surface area contributed by atoms with E-state index in [1.165, 1.54) is 16.7 Å². The summed E-state index contributed by atoms with van der Waals surface area (Å²) < 4.78 is 17.3. The van der Waals surface area contributed by atoms with Gasteiger partial charge in [-0.1, -0.05) is 12.1 Å². The van der Waals surface area contributed by atoms with Gasteiger partial charge in [0.15, 0.2) is 0 Å². The SMILES string of the molecule is Cn1nccc1C(=O)N1CC[C@]2(Cc3nn(Cc4ccc(F)cc4)c(=O)c(=O)n3C2)C1. The number of likely N-dealkylation sites (tertiary alicyclic amines) is 1. The Kier molecular flexibility index (Phi) is 4.38. The van der Waals surface area contributed by atoms with Gasteiger partial charge >= 0.3 is 11.1 Å². The molecule has 160 valence electrons. The molecule has 4 heterocycles. The van der Waals surface area contributed by atoms with Crippen LogP contribution < -0.4 is 11.1 Å². The molecule has 1 saturated heterocycles. The highest BCUT2D eigenvalue weighted by molar-refractivity contribution is 5.92. The molecule has 10 heteroatoms. The molecule has 9 nitrogen and oxygen atoms in total. The van der Waals surface area contributed by atoms with Crippen molar-refractivity contribution in [2.24, 2.45) is 12.5 Å². The van der Waals surface area contributed by atoms with Gasteiger partial charge in [-0.2, -0.15) is 10.2 Å². The van der Waals surface area contributed by atoms with Crippen molar-refractivity contribution in [3.8, 4) is 0 Å². The highest BCUT2D eigenvalue weighted by atomic mass is 19.1. The molecule has 0 bridgehead atoms. The fourth-order valence-electron chi connectivity index (χ4n) is 4.60. The molecule has 5 rings (SSSR count). The normalized spacial score (nSPS) is 19.9. The third kappa shape index (κ3) is 3.28. The van der Waals surface area contributed by atoms with Gasteiger partial charge < -0.3 is 4.90 Å². The Morgan fingerprint density at radius 2 is 1.90 bits per heavy atom. The third-order valence-corrected chi connectivity index (χ3v) is 6.25. The van der Waals surface area contributed by atoms with E-state index in [1.807, 2.05) is 0 Å². The minimum Gasteiger partial charge on any atom is -0.337 e. The maximum atomic E-state index is 13.1. The predicted octanol–water partition coefficient (Wildman–Crippen LogP) is 0.415. The summed E-state index contributed by atoms with van der Waals surface area (Å²) in [5.41, 5.74) is -0.426. The molecule has 2 aliphatic heterocycles. The van der Waals surface area contributed by atoms with Crippen molar-refractivity contribution in [2.75, 3.05) is 13.1 Å². The van der Waals surface area contributed by atoms with Crippen molar-refractivity contribution < 1.29 is 9.18 Å². The number of amides is 1. The lowest BCUT2D eigenvalue weighted by molar-refractivity contribution is 0.0761. The number of benzene rings is 1. The summed E-state index contributed by atoms with van der Waals surface area (Å²) >= 11 is 0. The van der Waals surface area contributed by atoms with Crippen LogP contribution in [-0.2, 0) is 26.6 Å². The Balaban J connectivity index is 1.39. The van der Waals surface area contributed by atoms with Gasteiger partial charge in [-0.15, -0.1) is 0 Å². The second-order valence-corrected chi connectivity index (χ2v) is 8.39. The quantitative estimate of drug-likeness (QED) is 0.568. The number of fused-ring (bicyclic) bond motifs is 1. The summed E-state index contributed by atoms with van der Waals surface area (Å²) in [4.78, 5) is 40.0. The summed E-state index contributed by atoms with van der Waals surface area (Å²) in [6.07, 6.45) is 2.83. The highest BCUT2D eigenvalue weighted by Gasteiger charge is 2.46. The molecule has 0 aliphatic carbocycles. The first-order chi connectivity index (χ1) is 14.8. The van der Waals surface area contributed by atoms with E-state index in [1.54, 1.807) is 41.0 Å². The Labute approximate surface area is 176 Å². The van der Waals surface area contributed by atoms with Crippen molar-refractivity contribution >= 4 is 5.91 Å². The topological polar surface area (TPSA) is 95.0 Å². The second kappa shape index (κ2) is 7.00. The van der Waals surface area contributed by atoms with Crippen LogP contribution in [0.15, 0.2) is 46.1 Å². The van der Waals surface area contributed by atoms with E-state index in [0.717, 1.165) is 11.1 Å². The van der Waals surface area contributed by atoms with Crippen molar-refractivity contribution in [3.05, 3.63) is 80.1 Å². The first kappa shape index (κ1) is 19.4. The van der Waals surface area contributed by atoms with E-state index in [4.69, 9.17) is 0 Å². The molecule has 1 atom stereocenters. The van der Waals surface area contributed by atoms with Crippen LogP contribution in [0, 0.1) is 11.2 Å². The molecule has 31 heavy (non-hydrogen) atoms. The number of nitrogens with zero attached hydrogens (tertiary/aromatic N) is 6. The first-order valence-electron chi connectivity index (χ1n) is 10.1. The van der Waals surface area contributed by atoms with E-state index >= 15 is 0 Å². The van der Waals surface area contributed by atoms with Gasteiger partial charge in [0.1, 0.15) is 17.3 Å². The molecule has 0 unspecified atom stereocenters. The van der Waals surface area contributed by atoms with Crippen LogP contribution in [0.4, 0.5) is 4.39 Å². The summed E-state index contributed by atoms with van der Waals surface area (Å²) in [7, 11) is 1.73. The molecule has 3 aromatic rings. The zero-order valence-corrected chi connectivity index (χ0v) is 17.0. The van der Waals surface area contributed by atoms with E-state index in [2.05, 4.69) is 10.2 Å². The van der Waals surface area contributed by atoms with Crippen LogP contribution in [0.2, 0.25) is 0 Å². The molecule has 1 aromatic carbocycles. The lowest BCUT2D eigenvalue weighted by atomic mass is 9.86. The summed E-state index contributed by atoms with van der Waals surface area (Å²) in [5, 5.41) is 8.50. The maximum Gasteiger partial charge on any atom is 0.332 e. The molecule has 2 aliphatic rings. The monoisotopic (exact) mass is 424 g/mol. The summed E-state index contributed by atoms with van der Waals surface area (Å²) in [6.45, 7) is 1.54. The number of aryl methyl sites for hydroxylation is 1. The largest absolute Gasteiger partial charge is 0.337 e. The number of halogens is 1. The van der Waals surface area contributed by atoms with Gasteiger partial charge in [0.05, 0.1) is 6.54 Å². The Bertz CT molecular complexity index is 1290. The van der Waals surface area contributed by atoms with Gasteiger partial charge in [-0.3, -0.25) is 23.6 Å². The van der Waals surface area contributed by atoms with E-state index in [9.17, 15) is 18.8 Å². The molecule has 0 N–H and O–H groups in total. The zero-order chi connectivity index (χ0) is 21.8. The number of hydrogen-bond acceptors (Lipinski definition) is 5.